The van der Waals surface area contributed by atoms with E-state index in [1.165, 1.54) is 0 Å². The number of hydrogen-bond acceptors (Lipinski definition) is 3. The SMILES string of the molecule is CCc1ccccc1NC(=O)C1CC(=O)N(c2ccc3c(c2)CCN3C(C)=O)C1. The van der Waals surface area contributed by atoms with Gasteiger partial charge in [0.25, 0.3) is 0 Å². The molecule has 1 N–H and O–H groups in total. The zero-order valence-electron chi connectivity index (χ0n) is 16.8. The number of nitrogens with zero attached hydrogens (tertiary/aromatic N) is 2. The van der Waals surface area contributed by atoms with Crippen LogP contribution in [0.4, 0.5) is 17.1 Å². The average Bonchev–Trinajstić information content (AvgIpc) is 3.31. The van der Waals surface area contributed by atoms with Crippen molar-refractivity contribution in [2.45, 2.75) is 33.1 Å². The highest BCUT2D eigenvalue weighted by molar-refractivity contribution is 6.04. The zero-order chi connectivity index (χ0) is 20.5. The van der Waals surface area contributed by atoms with Crippen LogP contribution in [-0.2, 0) is 27.2 Å². The third kappa shape index (κ3) is 3.62. The lowest BCUT2D eigenvalue weighted by Crippen LogP contribution is -2.28. The van der Waals surface area contributed by atoms with Gasteiger partial charge in [-0.2, -0.15) is 0 Å². The van der Waals surface area contributed by atoms with Gasteiger partial charge in [0.1, 0.15) is 0 Å². The van der Waals surface area contributed by atoms with E-state index in [4.69, 9.17) is 0 Å². The molecule has 2 aliphatic heterocycles. The average molecular weight is 391 g/mol. The van der Waals surface area contributed by atoms with Gasteiger partial charge in [0.2, 0.25) is 17.7 Å². The number of carbonyl (C=O) groups excluding carboxylic acids is 3. The fourth-order valence-corrected chi connectivity index (χ4v) is 4.20. The molecule has 3 amide bonds. The highest BCUT2D eigenvalue weighted by Gasteiger charge is 2.36. The van der Waals surface area contributed by atoms with E-state index in [0.717, 1.165) is 41.0 Å². The molecule has 2 aromatic carbocycles. The molecule has 1 saturated heterocycles. The Balaban J connectivity index is 1.48. The highest BCUT2D eigenvalue weighted by atomic mass is 16.2. The van der Waals surface area contributed by atoms with Crippen molar-refractivity contribution >= 4 is 34.8 Å². The maximum Gasteiger partial charge on any atom is 0.229 e. The number of aryl methyl sites for hydroxylation is 1. The largest absolute Gasteiger partial charge is 0.326 e. The Kier molecular flexibility index (Phi) is 5.09. The van der Waals surface area contributed by atoms with Crippen molar-refractivity contribution < 1.29 is 14.4 Å². The Morgan fingerprint density at radius 2 is 1.97 bits per heavy atom. The quantitative estimate of drug-likeness (QED) is 0.870. The molecule has 2 aliphatic rings. The first-order valence-electron chi connectivity index (χ1n) is 10.1. The second-order valence-corrected chi connectivity index (χ2v) is 7.64. The lowest BCUT2D eigenvalue weighted by atomic mass is 10.1. The van der Waals surface area contributed by atoms with Crippen LogP contribution in [0.2, 0.25) is 0 Å². The summed E-state index contributed by atoms with van der Waals surface area (Å²) in [7, 11) is 0. The Morgan fingerprint density at radius 3 is 2.72 bits per heavy atom. The van der Waals surface area contributed by atoms with Crippen LogP contribution in [0.25, 0.3) is 0 Å². The number of hydrogen-bond donors (Lipinski definition) is 1. The maximum absolute atomic E-state index is 12.8. The van der Waals surface area contributed by atoms with E-state index in [9.17, 15) is 14.4 Å². The second kappa shape index (κ2) is 7.70. The molecular weight excluding hydrogens is 366 g/mol. The van der Waals surface area contributed by atoms with Crippen molar-refractivity contribution in [1.29, 1.82) is 0 Å². The minimum Gasteiger partial charge on any atom is -0.326 e. The summed E-state index contributed by atoms with van der Waals surface area (Å²) in [6.07, 6.45) is 1.82. The van der Waals surface area contributed by atoms with E-state index >= 15 is 0 Å². The fourth-order valence-electron chi connectivity index (χ4n) is 4.20. The smallest absolute Gasteiger partial charge is 0.229 e. The molecule has 0 aliphatic carbocycles. The van der Waals surface area contributed by atoms with Gasteiger partial charge in [0, 0.05) is 43.5 Å². The molecular formula is C23H25N3O3. The molecule has 1 atom stereocenters. The van der Waals surface area contributed by atoms with Crippen LogP contribution in [0, 0.1) is 5.92 Å². The van der Waals surface area contributed by atoms with Crippen molar-refractivity contribution in [3.05, 3.63) is 53.6 Å². The predicted molar refractivity (Wildman–Crippen MR) is 113 cm³/mol. The molecule has 2 aromatic rings. The van der Waals surface area contributed by atoms with E-state index < -0.39 is 0 Å². The van der Waals surface area contributed by atoms with Crippen LogP contribution in [0.15, 0.2) is 42.5 Å². The summed E-state index contributed by atoms with van der Waals surface area (Å²) in [6.45, 7) is 4.65. The van der Waals surface area contributed by atoms with E-state index in [1.54, 1.807) is 16.7 Å². The number of benzene rings is 2. The third-order valence-electron chi connectivity index (χ3n) is 5.80. The molecule has 6 heteroatoms. The van der Waals surface area contributed by atoms with Crippen LogP contribution >= 0.6 is 0 Å². The second-order valence-electron chi connectivity index (χ2n) is 7.64. The molecule has 150 valence electrons. The van der Waals surface area contributed by atoms with Gasteiger partial charge >= 0.3 is 0 Å². The van der Waals surface area contributed by atoms with Gasteiger partial charge in [0.15, 0.2) is 0 Å². The molecule has 29 heavy (non-hydrogen) atoms. The molecule has 0 bridgehead atoms. The van der Waals surface area contributed by atoms with Crippen LogP contribution in [0.3, 0.4) is 0 Å². The molecule has 2 heterocycles. The Hall–Kier alpha value is -3.15. The highest BCUT2D eigenvalue weighted by Crippen LogP contribution is 2.34. The number of anilines is 3. The van der Waals surface area contributed by atoms with Crippen LogP contribution in [0.5, 0.6) is 0 Å². The first-order chi connectivity index (χ1) is 14.0. The molecule has 1 fully saturated rings. The van der Waals surface area contributed by atoms with Crippen molar-refractivity contribution in [3.8, 4) is 0 Å². The molecule has 0 aromatic heterocycles. The number of rotatable bonds is 4. The first kappa shape index (κ1) is 19.2. The van der Waals surface area contributed by atoms with Crippen molar-refractivity contribution in [3.63, 3.8) is 0 Å². The van der Waals surface area contributed by atoms with E-state index in [0.29, 0.717) is 13.1 Å². The number of fused-ring (bicyclic) bond motifs is 1. The van der Waals surface area contributed by atoms with E-state index in [1.807, 2.05) is 49.4 Å². The molecule has 0 radical (unpaired) electrons. The lowest BCUT2D eigenvalue weighted by Gasteiger charge is -2.19. The van der Waals surface area contributed by atoms with Crippen molar-refractivity contribution in [2.24, 2.45) is 5.92 Å². The number of nitrogens with one attached hydrogen (secondary N) is 1. The van der Waals surface area contributed by atoms with Gasteiger partial charge < -0.3 is 15.1 Å². The summed E-state index contributed by atoms with van der Waals surface area (Å²) in [6, 6.07) is 13.5. The van der Waals surface area contributed by atoms with Gasteiger partial charge in [0.05, 0.1) is 5.92 Å². The summed E-state index contributed by atoms with van der Waals surface area (Å²) in [5, 5.41) is 2.99. The third-order valence-corrected chi connectivity index (χ3v) is 5.80. The topological polar surface area (TPSA) is 69.7 Å². The van der Waals surface area contributed by atoms with Gasteiger partial charge in [-0.3, -0.25) is 14.4 Å². The number of carbonyl (C=O) groups is 3. The van der Waals surface area contributed by atoms with Gasteiger partial charge in [-0.05, 0) is 48.2 Å². The van der Waals surface area contributed by atoms with Gasteiger partial charge in [-0.1, -0.05) is 25.1 Å². The van der Waals surface area contributed by atoms with Crippen LogP contribution < -0.4 is 15.1 Å². The molecule has 1 unspecified atom stereocenters. The van der Waals surface area contributed by atoms with Gasteiger partial charge in [-0.15, -0.1) is 0 Å². The van der Waals surface area contributed by atoms with Crippen LogP contribution in [-0.4, -0.2) is 30.8 Å². The predicted octanol–water partition coefficient (Wildman–Crippen LogP) is 3.15. The van der Waals surface area contributed by atoms with Gasteiger partial charge in [-0.25, -0.2) is 0 Å². The minimum absolute atomic E-state index is 0.0258. The summed E-state index contributed by atoms with van der Waals surface area (Å²) in [5.74, 6) is -0.520. The summed E-state index contributed by atoms with van der Waals surface area (Å²) in [5.41, 5.74) is 4.67. The van der Waals surface area contributed by atoms with Crippen LogP contribution in [0.1, 0.15) is 31.4 Å². The number of para-hydroxylation sites is 1. The lowest BCUT2D eigenvalue weighted by molar-refractivity contribution is -0.122. The standard InChI is InChI=1S/C23H25N3O3/c1-3-16-6-4-5-7-20(16)24-23(29)18-13-22(28)26(14-18)19-8-9-21-17(12-19)10-11-25(21)15(2)27/h4-9,12,18H,3,10-11,13-14H2,1-2H3,(H,24,29). The van der Waals surface area contributed by atoms with E-state index in [2.05, 4.69) is 5.32 Å². The number of amides is 3. The Labute approximate surface area is 170 Å². The maximum atomic E-state index is 12.8. The summed E-state index contributed by atoms with van der Waals surface area (Å²) >= 11 is 0. The molecule has 0 saturated carbocycles. The summed E-state index contributed by atoms with van der Waals surface area (Å²) < 4.78 is 0. The van der Waals surface area contributed by atoms with Crippen molar-refractivity contribution in [2.75, 3.05) is 28.2 Å². The Morgan fingerprint density at radius 1 is 1.17 bits per heavy atom. The monoisotopic (exact) mass is 391 g/mol. The molecule has 6 nitrogen and oxygen atoms in total. The molecule has 4 rings (SSSR count). The minimum atomic E-state index is -0.380. The van der Waals surface area contributed by atoms with Crippen molar-refractivity contribution in [1.82, 2.24) is 0 Å². The summed E-state index contributed by atoms with van der Waals surface area (Å²) in [4.78, 5) is 40.6. The normalized spacial score (nSPS) is 18.1. The van der Waals surface area contributed by atoms with E-state index in [-0.39, 0.29) is 30.1 Å². The fraction of sp³-hybridized carbons (Fsp3) is 0.348. The Bertz CT molecular complexity index is 985. The zero-order valence-corrected chi connectivity index (χ0v) is 16.8. The molecule has 0 spiro atoms. The first-order valence-corrected chi connectivity index (χ1v) is 10.1.